The van der Waals surface area contributed by atoms with E-state index >= 15 is 0 Å². The highest BCUT2D eigenvalue weighted by atomic mass is 16.5. The van der Waals surface area contributed by atoms with Gasteiger partial charge in [0.05, 0.1) is 39.1 Å². The molecule has 0 aromatic heterocycles. The molecule has 12 nitrogen and oxygen atoms in total. The number of carbonyl (C=O) groups excluding carboxylic acids is 1. The minimum atomic E-state index is -1.05. The van der Waals surface area contributed by atoms with E-state index in [0.717, 1.165) is 56.5 Å². The molecule has 10 rings (SSSR count). The van der Waals surface area contributed by atoms with Crippen LogP contribution in [-0.2, 0) is 23.1 Å². The molecular weight excluding hydrogens is 825 g/mol. The summed E-state index contributed by atoms with van der Waals surface area (Å²) in [5.74, 6) is 1.17. The predicted molar refractivity (Wildman–Crippen MR) is 246 cm³/mol. The molecule has 6 N–H and O–H groups in total. The molecule has 0 amide bonds. The van der Waals surface area contributed by atoms with Gasteiger partial charge in [-0.3, -0.25) is 5.32 Å². The lowest BCUT2D eigenvalue weighted by Gasteiger charge is -2.39. The van der Waals surface area contributed by atoms with Gasteiger partial charge in [0, 0.05) is 70.4 Å². The smallest absolute Gasteiger partial charge is 0.200 e. The van der Waals surface area contributed by atoms with Crippen molar-refractivity contribution in [1.29, 1.82) is 0 Å². The first-order valence-electron chi connectivity index (χ1n) is 22.7. The molecule has 5 aromatic rings. The van der Waals surface area contributed by atoms with Crippen LogP contribution in [0.15, 0.2) is 78.9 Å². The van der Waals surface area contributed by atoms with Crippen LogP contribution < -0.4 is 44.8 Å². The predicted octanol–water partition coefficient (Wildman–Crippen LogP) is 5.93. The van der Waals surface area contributed by atoms with Crippen molar-refractivity contribution in [2.24, 2.45) is 17.8 Å². The fraction of sp³-hybridized carbons (Fsp3) is 0.377. The summed E-state index contributed by atoms with van der Waals surface area (Å²) in [4.78, 5) is 12.1. The first-order chi connectivity index (χ1) is 31.7. The quantitative estimate of drug-likeness (QED) is 0.0418. The zero-order chi connectivity index (χ0) is 45.0. The van der Waals surface area contributed by atoms with Crippen LogP contribution in [0.5, 0.6) is 34.5 Å². The van der Waals surface area contributed by atoms with Gasteiger partial charge in [-0.25, -0.2) is 0 Å². The van der Waals surface area contributed by atoms with Gasteiger partial charge in [0.25, 0.3) is 0 Å². The third-order valence-electron chi connectivity index (χ3n) is 14.8. The summed E-state index contributed by atoms with van der Waals surface area (Å²) in [6.45, 7) is 2.99. The van der Waals surface area contributed by atoms with Gasteiger partial charge in [-0.05, 0) is 83.3 Å². The number of phenolic OH excluding ortho intramolecular Hbond substituents is 1. The third kappa shape index (κ3) is 7.09. The molecule has 0 spiro atoms. The van der Waals surface area contributed by atoms with E-state index in [-0.39, 0.29) is 61.6 Å². The second-order valence-electron chi connectivity index (χ2n) is 17.9. The van der Waals surface area contributed by atoms with Gasteiger partial charge in [-0.1, -0.05) is 73.2 Å². The first-order valence-corrected chi connectivity index (χ1v) is 22.7. The summed E-state index contributed by atoms with van der Waals surface area (Å²) in [5.41, 5.74) is 7.95. The number of aliphatic hydroxyl groups is 3. The number of methoxy groups -OCH3 is 2. The fourth-order valence-corrected chi connectivity index (χ4v) is 11.8. The number of aromatic hydroxyl groups is 1. The average Bonchev–Trinajstić information content (AvgIpc) is 3.72. The number of aldehydes is 1. The third-order valence-corrected chi connectivity index (χ3v) is 14.8. The van der Waals surface area contributed by atoms with E-state index in [1.54, 1.807) is 19.2 Å². The number of rotatable bonds is 15. The van der Waals surface area contributed by atoms with Gasteiger partial charge < -0.3 is 54.2 Å². The number of benzene rings is 5. The van der Waals surface area contributed by atoms with Crippen LogP contribution in [0.2, 0.25) is 0 Å². The van der Waals surface area contributed by atoms with Crippen molar-refractivity contribution in [1.82, 2.24) is 5.32 Å². The summed E-state index contributed by atoms with van der Waals surface area (Å²) in [7, 11) is 3.11. The Morgan fingerprint density at radius 1 is 0.877 bits per heavy atom. The molecule has 0 saturated heterocycles. The summed E-state index contributed by atoms with van der Waals surface area (Å²) in [5, 5.41) is 55.6. The monoisotopic (exact) mass is 880 g/mol. The molecule has 3 aliphatic carbocycles. The topological polar surface area (TPSA) is 168 Å². The van der Waals surface area contributed by atoms with Gasteiger partial charge in [0.2, 0.25) is 5.75 Å². The van der Waals surface area contributed by atoms with E-state index in [0.29, 0.717) is 71.9 Å². The second kappa shape index (κ2) is 17.4. The van der Waals surface area contributed by atoms with Crippen molar-refractivity contribution in [3.05, 3.63) is 123 Å². The summed E-state index contributed by atoms with van der Waals surface area (Å²) in [6, 6.07) is 25.7. The maximum Gasteiger partial charge on any atom is 0.200 e. The van der Waals surface area contributed by atoms with E-state index < -0.39 is 23.7 Å². The number of phenols is 1. The highest BCUT2D eigenvalue weighted by molar-refractivity contribution is 5.93. The standard InChI is InChI=1S/C53H56N2O10/c1-4-54-28-65-43-22-41(61-2)36-14-15-37-46-40(55-52(60)49(43)48(36)46)21-42-47(37)50(58)39(27-64-42)30-19-44(62-3)51(59)45(20-30)63-26-33(25-57)53(32-11-6-5-7-12-32)23-31-18-29-10-8-9-13-34(29)35(16-17-56)38(31)24-53/h5-13,17-22,31,33,38-39,50,52,54-55,57-60H,4,14-16,23-28H2,1-3H3/t31-,33+,38+,39-,50-,52+,53+/m0/s1. The second-order valence-corrected chi connectivity index (χ2v) is 17.9. The van der Waals surface area contributed by atoms with Gasteiger partial charge in [0.15, 0.2) is 17.7 Å². The number of anilines is 1. The summed E-state index contributed by atoms with van der Waals surface area (Å²) >= 11 is 0. The summed E-state index contributed by atoms with van der Waals surface area (Å²) < 4.78 is 30.9. The van der Waals surface area contributed by atoms with E-state index in [1.165, 1.54) is 7.11 Å². The molecule has 65 heavy (non-hydrogen) atoms. The number of hydrogen-bond acceptors (Lipinski definition) is 12. The van der Waals surface area contributed by atoms with Crippen LogP contribution in [0.3, 0.4) is 0 Å². The lowest BCUT2D eigenvalue weighted by molar-refractivity contribution is -0.107. The number of aliphatic hydroxyl groups excluding tert-OH is 3. The Bertz CT molecular complexity index is 2780. The van der Waals surface area contributed by atoms with Crippen molar-refractivity contribution in [3.8, 4) is 45.6 Å². The molecular formula is C53H56N2O10. The van der Waals surface area contributed by atoms with Crippen LogP contribution in [0.25, 0.3) is 22.8 Å². The highest BCUT2D eigenvalue weighted by Crippen LogP contribution is 2.59. The van der Waals surface area contributed by atoms with E-state index in [2.05, 4.69) is 41.0 Å². The van der Waals surface area contributed by atoms with E-state index in [4.69, 9.17) is 23.7 Å². The number of hydrogen-bond donors (Lipinski definition) is 6. The average molecular weight is 881 g/mol. The van der Waals surface area contributed by atoms with Crippen LogP contribution in [0.4, 0.5) is 5.69 Å². The van der Waals surface area contributed by atoms with Crippen molar-refractivity contribution in [3.63, 3.8) is 0 Å². The molecule has 2 heterocycles. The molecule has 0 radical (unpaired) electrons. The molecule has 7 atom stereocenters. The van der Waals surface area contributed by atoms with E-state index in [9.17, 15) is 25.2 Å². The molecule has 5 aliphatic rings. The lowest BCUT2D eigenvalue weighted by Crippen LogP contribution is -2.39. The maximum atomic E-state index is 12.5. The molecule has 338 valence electrons. The highest BCUT2D eigenvalue weighted by Gasteiger charge is 2.52. The number of ether oxygens (including phenoxy) is 5. The van der Waals surface area contributed by atoms with Crippen molar-refractivity contribution in [2.75, 3.05) is 52.6 Å². The number of nitrogens with one attached hydrogen (secondary N) is 2. The van der Waals surface area contributed by atoms with Crippen molar-refractivity contribution >= 4 is 23.6 Å². The first kappa shape index (κ1) is 42.9. The molecule has 1 fully saturated rings. The van der Waals surface area contributed by atoms with Gasteiger partial charge in [0.1, 0.15) is 30.3 Å². The van der Waals surface area contributed by atoms with Crippen LogP contribution in [0, 0.1) is 17.8 Å². The normalized spacial score (nSPS) is 23.6. The van der Waals surface area contributed by atoms with Crippen molar-refractivity contribution < 1.29 is 48.9 Å². The SMILES string of the molecule is CCNCOc1cc(OC)c2c3c1[C@@H](O)Nc1cc4c(c(c1-3)CC2)[C@@H](O)[C@H](c1cc(OC)c(O)c(OC[C@@H](CO)[C@]2(c3ccccc3)C[C@@H]3C=c5ccccc5=C(CC=O)[C@@H]3C2)c1)CO4. The number of fused-ring (bicyclic) bond motifs is 4. The molecule has 5 aromatic carbocycles. The Kier molecular flexibility index (Phi) is 11.5. The Morgan fingerprint density at radius 2 is 1.65 bits per heavy atom. The zero-order valence-corrected chi connectivity index (χ0v) is 36.9. The van der Waals surface area contributed by atoms with Crippen LogP contribution in [-0.4, -0.2) is 74.0 Å². The van der Waals surface area contributed by atoms with E-state index in [1.807, 2.05) is 49.4 Å². The Labute approximate surface area is 378 Å². The zero-order valence-electron chi connectivity index (χ0n) is 36.9. The summed E-state index contributed by atoms with van der Waals surface area (Å²) in [6.07, 6.45) is 4.28. The van der Waals surface area contributed by atoms with Gasteiger partial charge in [-0.2, -0.15) is 0 Å². The Hall–Kier alpha value is -6.05. The molecule has 2 aliphatic heterocycles. The van der Waals surface area contributed by atoms with Crippen molar-refractivity contribution in [2.45, 2.75) is 62.7 Å². The van der Waals surface area contributed by atoms with Crippen LogP contribution in [0.1, 0.15) is 77.8 Å². The Morgan fingerprint density at radius 3 is 2.42 bits per heavy atom. The maximum absolute atomic E-state index is 12.5. The van der Waals surface area contributed by atoms with Gasteiger partial charge >= 0.3 is 0 Å². The minimum absolute atomic E-state index is 0.0774. The minimum Gasteiger partial charge on any atom is -0.502 e. The Balaban J connectivity index is 0.985. The molecule has 1 saturated carbocycles. The van der Waals surface area contributed by atoms with Crippen LogP contribution >= 0.6 is 0 Å². The fourth-order valence-electron chi connectivity index (χ4n) is 11.8. The largest absolute Gasteiger partial charge is 0.502 e. The molecule has 0 bridgehead atoms. The van der Waals surface area contributed by atoms with Gasteiger partial charge in [-0.15, -0.1) is 0 Å². The number of carbonyl (C=O) groups is 1. The molecule has 12 heteroatoms. The lowest BCUT2D eigenvalue weighted by atomic mass is 9.68. The molecule has 0 unspecified atom stereocenters.